The molecule has 2 aliphatic heterocycles. The van der Waals surface area contributed by atoms with Gasteiger partial charge < -0.3 is 28.7 Å². The Kier molecular flexibility index (Phi) is 8.89. The summed E-state index contributed by atoms with van der Waals surface area (Å²) in [6.07, 6.45) is 1.39. The molecule has 1 fully saturated rings. The fourth-order valence-electron chi connectivity index (χ4n) is 4.64. The van der Waals surface area contributed by atoms with Crippen LogP contribution in [0.15, 0.2) is 18.2 Å². The predicted molar refractivity (Wildman–Crippen MR) is 125 cm³/mol. The van der Waals surface area contributed by atoms with Gasteiger partial charge in [-0.3, -0.25) is 9.59 Å². The largest absolute Gasteiger partial charge is 0.493 e. The molecule has 0 unspecified atom stereocenters. The summed E-state index contributed by atoms with van der Waals surface area (Å²) in [5, 5.41) is 9.33. The lowest BCUT2D eigenvalue weighted by molar-refractivity contribution is -0.154. The highest BCUT2D eigenvalue weighted by molar-refractivity contribution is 5.97. The summed E-state index contributed by atoms with van der Waals surface area (Å²) in [7, 11) is 6.61. The van der Waals surface area contributed by atoms with Crippen molar-refractivity contribution in [3.8, 4) is 11.8 Å². The summed E-state index contributed by atoms with van der Waals surface area (Å²) < 4.78 is 23.6. The molecule has 5 atom stereocenters. The molecule has 0 aromatic heterocycles. The molecule has 2 heterocycles. The van der Waals surface area contributed by atoms with Crippen molar-refractivity contribution < 1.29 is 28.5 Å². The molecule has 0 spiro atoms. The Morgan fingerprint density at radius 2 is 1.76 bits per heavy atom. The van der Waals surface area contributed by atoms with E-state index in [1.165, 1.54) is 18.1 Å². The molecular formula is C25H35N3O6. The van der Waals surface area contributed by atoms with Crippen molar-refractivity contribution in [3.05, 3.63) is 29.3 Å². The Balaban J connectivity index is 1.93. The van der Waals surface area contributed by atoms with Crippen molar-refractivity contribution in [1.82, 2.24) is 9.80 Å². The molecule has 0 radical (unpaired) electrons. The number of rotatable bonds is 2. The Bertz CT molecular complexity index is 916. The fraction of sp³-hybridized carbons (Fsp3) is 0.640. The highest BCUT2D eigenvalue weighted by atomic mass is 16.5. The van der Waals surface area contributed by atoms with Crippen LogP contribution in [-0.4, -0.2) is 94.0 Å². The van der Waals surface area contributed by atoms with Gasteiger partial charge in [-0.25, -0.2) is 0 Å². The minimum Gasteiger partial charge on any atom is -0.493 e. The number of benzene rings is 1. The Hall–Kier alpha value is -2.67. The second-order valence-corrected chi connectivity index (χ2v) is 9.08. The van der Waals surface area contributed by atoms with Gasteiger partial charge in [0.25, 0.3) is 5.91 Å². The summed E-state index contributed by atoms with van der Waals surface area (Å²) >= 11 is 0. The number of hydrogen-bond acceptors (Lipinski definition) is 7. The van der Waals surface area contributed by atoms with Gasteiger partial charge in [0.15, 0.2) is 0 Å². The molecule has 9 nitrogen and oxygen atoms in total. The zero-order chi connectivity index (χ0) is 24.8. The van der Waals surface area contributed by atoms with E-state index in [0.29, 0.717) is 36.4 Å². The van der Waals surface area contributed by atoms with Crippen LogP contribution < -0.4 is 4.74 Å². The van der Waals surface area contributed by atoms with Crippen LogP contribution in [0.3, 0.4) is 0 Å². The summed E-state index contributed by atoms with van der Waals surface area (Å²) in [5.74, 6) is -0.454. The normalized spacial score (nSPS) is 29.2. The van der Waals surface area contributed by atoms with E-state index in [-0.39, 0.29) is 36.7 Å². The molecule has 0 aliphatic carbocycles. The number of hydrogen-bond donors (Lipinski definition) is 0. The van der Waals surface area contributed by atoms with Crippen LogP contribution in [-0.2, 0) is 19.0 Å². The van der Waals surface area contributed by atoms with E-state index in [1.807, 2.05) is 0 Å². The second-order valence-electron chi connectivity index (χ2n) is 9.08. The number of amides is 2. The lowest BCUT2D eigenvalue weighted by Gasteiger charge is -2.38. The number of carbonyl (C=O) groups is 2. The van der Waals surface area contributed by atoms with Crippen LogP contribution in [0.4, 0.5) is 0 Å². The number of carbonyl (C=O) groups excluding carboxylic acids is 2. The fourth-order valence-corrected chi connectivity index (χ4v) is 4.64. The first-order valence-corrected chi connectivity index (χ1v) is 11.7. The van der Waals surface area contributed by atoms with E-state index in [0.717, 1.165) is 12.8 Å². The molecule has 2 bridgehead atoms. The van der Waals surface area contributed by atoms with Crippen LogP contribution in [0.5, 0.6) is 5.75 Å². The highest BCUT2D eigenvalue weighted by Crippen LogP contribution is 2.27. The highest BCUT2D eigenvalue weighted by Gasteiger charge is 2.35. The van der Waals surface area contributed by atoms with Gasteiger partial charge in [-0.1, -0.05) is 6.92 Å². The average Bonchev–Trinajstić information content (AvgIpc) is 2.85. The third kappa shape index (κ3) is 5.87. The molecule has 0 saturated carbocycles. The van der Waals surface area contributed by atoms with Gasteiger partial charge in [0.1, 0.15) is 11.9 Å². The third-order valence-corrected chi connectivity index (χ3v) is 6.77. The number of fused-ring (bicyclic) bond motifs is 3. The van der Waals surface area contributed by atoms with Crippen LogP contribution in [0.1, 0.15) is 42.1 Å². The maximum Gasteiger partial charge on any atom is 0.257 e. The number of methoxy groups -OCH3 is 2. The molecule has 34 heavy (non-hydrogen) atoms. The SMILES string of the molecule is CO[C@@H]1CC[C@@H]2CCOc3ccc(C#N)cc3C(=O)N(C)C[C@@H](OC)[C@@H](C)C(=O)N(C)C[C@H]1O2. The molecule has 3 rings (SSSR count). The molecule has 1 aromatic rings. The maximum atomic E-state index is 13.3. The van der Waals surface area contributed by atoms with E-state index in [2.05, 4.69) is 6.07 Å². The topological polar surface area (TPSA) is 101 Å². The minimum absolute atomic E-state index is 0.0443. The Morgan fingerprint density at radius 1 is 1.03 bits per heavy atom. The first-order valence-electron chi connectivity index (χ1n) is 11.7. The van der Waals surface area contributed by atoms with Crippen molar-refractivity contribution in [2.45, 2.75) is 50.6 Å². The van der Waals surface area contributed by atoms with Gasteiger partial charge in [0.05, 0.1) is 48.0 Å². The minimum atomic E-state index is -0.515. The van der Waals surface area contributed by atoms with Crippen molar-refractivity contribution in [2.24, 2.45) is 5.92 Å². The molecule has 0 N–H and O–H groups in total. The van der Waals surface area contributed by atoms with Crippen LogP contribution in [0.25, 0.3) is 0 Å². The number of likely N-dealkylation sites (N-methyl/N-ethyl adjacent to an activating group) is 2. The average molecular weight is 474 g/mol. The standard InChI is InChI=1S/C25H35N3O6/c1-16-22(32-5)14-28(3)25(30)19-12-17(13-26)6-8-20(19)33-11-10-18-7-9-21(31-4)23(34-18)15-27(2)24(16)29/h6,8,12,16,18,21-23H,7,9-11,14-15H2,1-5H3/t16-,18-,21-,22-,23-/m1/s1. The molecule has 186 valence electrons. The molecule has 9 heteroatoms. The Morgan fingerprint density at radius 3 is 2.44 bits per heavy atom. The van der Waals surface area contributed by atoms with E-state index < -0.39 is 12.0 Å². The van der Waals surface area contributed by atoms with Crippen molar-refractivity contribution in [3.63, 3.8) is 0 Å². The second kappa shape index (κ2) is 11.6. The van der Waals surface area contributed by atoms with Gasteiger partial charge in [-0.05, 0) is 31.0 Å². The van der Waals surface area contributed by atoms with Crippen LogP contribution in [0, 0.1) is 17.2 Å². The van der Waals surface area contributed by atoms with Gasteiger partial charge in [0.2, 0.25) is 5.91 Å². The smallest absolute Gasteiger partial charge is 0.257 e. The van der Waals surface area contributed by atoms with E-state index >= 15 is 0 Å². The monoisotopic (exact) mass is 473 g/mol. The zero-order valence-electron chi connectivity index (χ0n) is 20.7. The molecule has 2 aliphatic rings. The van der Waals surface area contributed by atoms with Gasteiger partial charge in [0, 0.05) is 47.8 Å². The van der Waals surface area contributed by atoms with Crippen LogP contribution in [0.2, 0.25) is 0 Å². The first-order chi connectivity index (χ1) is 16.3. The molecule has 1 aromatic carbocycles. The van der Waals surface area contributed by atoms with Gasteiger partial charge in [-0.2, -0.15) is 5.26 Å². The maximum absolute atomic E-state index is 13.3. The van der Waals surface area contributed by atoms with E-state index in [1.54, 1.807) is 45.2 Å². The molecule has 2 amide bonds. The van der Waals surface area contributed by atoms with Crippen molar-refractivity contribution >= 4 is 11.8 Å². The van der Waals surface area contributed by atoms with Gasteiger partial charge in [-0.15, -0.1) is 0 Å². The first kappa shape index (κ1) is 25.9. The zero-order valence-corrected chi connectivity index (χ0v) is 20.7. The summed E-state index contributed by atoms with van der Waals surface area (Å²) in [6.45, 7) is 2.77. The van der Waals surface area contributed by atoms with E-state index in [4.69, 9.17) is 18.9 Å². The van der Waals surface area contributed by atoms with Gasteiger partial charge >= 0.3 is 0 Å². The summed E-state index contributed by atoms with van der Waals surface area (Å²) in [6, 6.07) is 6.90. The summed E-state index contributed by atoms with van der Waals surface area (Å²) in [5.41, 5.74) is 0.678. The molecular weight excluding hydrogens is 438 g/mol. The number of nitrogens with zero attached hydrogens (tertiary/aromatic N) is 3. The summed E-state index contributed by atoms with van der Waals surface area (Å²) in [4.78, 5) is 29.7. The quantitative estimate of drug-likeness (QED) is 0.648. The number of ether oxygens (including phenoxy) is 4. The van der Waals surface area contributed by atoms with Crippen molar-refractivity contribution in [2.75, 3.05) is 48.0 Å². The third-order valence-electron chi connectivity index (χ3n) is 6.77. The molecule has 1 saturated heterocycles. The Labute approximate surface area is 201 Å². The lowest BCUT2D eigenvalue weighted by Crippen LogP contribution is -2.50. The number of nitriles is 1. The lowest BCUT2D eigenvalue weighted by atomic mass is 9.97. The predicted octanol–water partition coefficient (Wildman–Crippen LogP) is 2.08. The van der Waals surface area contributed by atoms with Crippen molar-refractivity contribution in [1.29, 1.82) is 5.26 Å². The van der Waals surface area contributed by atoms with E-state index in [9.17, 15) is 14.9 Å². The van der Waals surface area contributed by atoms with Crippen LogP contribution >= 0.6 is 0 Å².